The van der Waals surface area contributed by atoms with Crippen molar-refractivity contribution in [1.82, 2.24) is 5.32 Å². The van der Waals surface area contributed by atoms with Gasteiger partial charge in [0.05, 0.1) is 0 Å². The fourth-order valence-electron chi connectivity index (χ4n) is 1.04. The Hall–Kier alpha value is 0.310. The third kappa shape index (κ3) is 10.4. The third-order valence-electron chi connectivity index (χ3n) is 2.31. The maximum absolute atomic E-state index is 3.50. The Kier molecular flexibility index (Phi) is 7.75. The summed E-state index contributed by atoms with van der Waals surface area (Å²) in [5, 5.41) is 4.32. The van der Waals surface area contributed by atoms with Crippen molar-refractivity contribution >= 4 is 11.8 Å². The molecule has 14 heavy (non-hydrogen) atoms. The Morgan fingerprint density at radius 1 is 1.21 bits per heavy atom. The molecule has 0 aromatic rings. The van der Waals surface area contributed by atoms with Crippen molar-refractivity contribution in [3.05, 3.63) is 0 Å². The molecule has 0 fully saturated rings. The fraction of sp³-hybridized carbons (Fsp3) is 1.00. The molecular weight excluding hydrogens is 190 g/mol. The number of hydrogen-bond donors (Lipinski definition) is 1. The summed E-state index contributed by atoms with van der Waals surface area (Å²) in [6.45, 7) is 13.8. The number of nitrogens with one attached hydrogen (secondary N) is 1. The lowest BCUT2D eigenvalue weighted by Crippen LogP contribution is -2.23. The third-order valence-corrected chi connectivity index (χ3v) is 3.65. The summed E-state index contributed by atoms with van der Waals surface area (Å²) < 4.78 is 0. The highest BCUT2D eigenvalue weighted by Crippen LogP contribution is 2.17. The quantitative estimate of drug-likeness (QED) is 0.655. The summed E-state index contributed by atoms with van der Waals surface area (Å²) in [5.74, 6) is 1.25. The van der Waals surface area contributed by atoms with Gasteiger partial charge < -0.3 is 5.32 Å². The zero-order valence-corrected chi connectivity index (χ0v) is 11.3. The van der Waals surface area contributed by atoms with Gasteiger partial charge in [-0.25, -0.2) is 0 Å². The molecule has 1 atom stereocenters. The van der Waals surface area contributed by atoms with E-state index in [9.17, 15) is 0 Å². The molecule has 0 aliphatic rings. The maximum Gasteiger partial charge on any atom is 0.00607 e. The average molecular weight is 217 g/mol. The van der Waals surface area contributed by atoms with Crippen molar-refractivity contribution in [2.45, 2.75) is 52.7 Å². The second-order valence-corrected chi connectivity index (χ2v) is 6.70. The van der Waals surface area contributed by atoms with Crippen LogP contribution in [0, 0.1) is 5.41 Å². The van der Waals surface area contributed by atoms with Gasteiger partial charge in [0.15, 0.2) is 0 Å². The van der Waals surface area contributed by atoms with Crippen LogP contribution in [0.25, 0.3) is 0 Å². The number of rotatable bonds is 7. The molecule has 2 heteroatoms. The SMILES string of the molecule is CCC(C)SCCNCCC(C)(C)C. The zero-order valence-electron chi connectivity index (χ0n) is 10.5. The summed E-state index contributed by atoms with van der Waals surface area (Å²) in [5.41, 5.74) is 0.469. The smallest absolute Gasteiger partial charge is 0.00607 e. The number of hydrogen-bond acceptors (Lipinski definition) is 2. The van der Waals surface area contributed by atoms with E-state index in [1.54, 1.807) is 0 Å². The van der Waals surface area contributed by atoms with Gasteiger partial charge in [-0.05, 0) is 24.8 Å². The monoisotopic (exact) mass is 217 g/mol. The minimum atomic E-state index is 0.469. The summed E-state index contributed by atoms with van der Waals surface area (Å²) in [4.78, 5) is 0. The Morgan fingerprint density at radius 3 is 2.36 bits per heavy atom. The van der Waals surface area contributed by atoms with Crippen LogP contribution in [-0.4, -0.2) is 24.1 Å². The van der Waals surface area contributed by atoms with Crippen molar-refractivity contribution in [3.8, 4) is 0 Å². The molecule has 0 aliphatic heterocycles. The first-order chi connectivity index (χ1) is 6.45. The van der Waals surface area contributed by atoms with Crippen LogP contribution >= 0.6 is 11.8 Å². The molecule has 0 heterocycles. The van der Waals surface area contributed by atoms with E-state index in [0.29, 0.717) is 5.41 Å². The fourth-order valence-corrected chi connectivity index (χ4v) is 1.94. The lowest BCUT2D eigenvalue weighted by atomic mass is 9.92. The van der Waals surface area contributed by atoms with E-state index in [2.05, 4.69) is 51.7 Å². The second kappa shape index (κ2) is 7.58. The van der Waals surface area contributed by atoms with E-state index in [1.165, 1.54) is 18.6 Å². The van der Waals surface area contributed by atoms with Crippen LogP contribution in [0.15, 0.2) is 0 Å². The highest BCUT2D eigenvalue weighted by molar-refractivity contribution is 7.99. The van der Waals surface area contributed by atoms with E-state index in [0.717, 1.165) is 18.3 Å². The van der Waals surface area contributed by atoms with Gasteiger partial charge in [0.25, 0.3) is 0 Å². The normalized spacial score (nSPS) is 14.4. The molecule has 0 aliphatic carbocycles. The molecule has 0 rings (SSSR count). The van der Waals surface area contributed by atoms with Gasteiger partial charge in [0.2, 0.25) is 0 Å². The zero-order chi connectivity index (χ0) is 11.0. The molecule has 1 unspecified atom stereocenters. The van der Waals surface area contributed by atoms with Gasteiger partial charge in [-0.15, -0.1) is 0 Å². The highest BCUT2D eigenvalue weighted by atomic mass is 32.2. The van der Waals surface area contributed by atoms with Gasteiger partial charge in [-0.1, -0.05) is 34.6 Å². The summed E-state index contributed by atoms with van der Waals surface area (Å²) >= 11 is 2.07. The summed E-state index contributed by atoms with van der Waals surface area (Å²) in [6, 6.07) is 0. The Labute approximate surface area is 94.4 Å². The average Bonchev–Trinajstić information content (AvgIpc) is 2.08. The number of thioether (sulfide) groups is 1. The summed E-state index contributed by atoms with van der Waals surface area (Å²) in [7, 11) is 0. The Morgan fingerprint density at radius 2 is 1.86 bits per heavy atom. The van der Waals surface area contributed by atoms with Crippen LogP contribution in [0.3, 0.4) is 0 Å². The molecule has 0 radical (unpaired) electrons. The molecule has 0 saturated carbocycles. The molecule has 86 valence electrons. The lowest BCUT2D eigenvalue weighted by molar-refractivity contribution is 0.369. The van der Waals surface area contributed by atoms with Gasteiger partial charge in [0.1, 0.15) is 0 Å². The first-order valence-electron chi connectivity index (χ1n) is 5.78. The minimum absolute atomic E-state index is 0.469. The minimum Gasteiger partial charge on any atom is -0.316 e. The highest BCUT2D eigenvalue weighted by Gasteiger charge is 2.08. The van der Waals surface area contributed by atoms with Crippen molar-refractivity contribution < 1.29 is 0 Å². The van der Waals surface area contributed by atoms with Gasteiger partial charge in [-0.3, -0.25) is 0 Å². The Bertz CT molecular complexity index is 129. The molecule has 1 N–H and O–H groups in total. The first kappa shape index (κ1) is 14.3. The van der Waals surface area contributed by atoms with Crippen LogP contribution in [0.5, 0.6) is 0 Å². The Balaban J connectivity index is 3.14. The lowest BCUT2D eigenvalue weighted by Gasteiger charge is -2.18. The van der Waals surface area contributed by atoms with E-state index in [4.69, 9.17) is 0 Å². The van der Waals surface area contributed by atoms with E-state index in [1.807, 2.05) is 0 Å². The van der Waals surface area contributed by atoms with E-state index >= 15 is 0 Å². The predicted molar refractivity (Wildman–Crippen MR) is 69.2 cm³/mol. The molecule has 0 aromatic carbocycles. The standard InChI is InChI=1S/C12H27NS/c1-6-11(2)14-10-9-13-8-7-12(3,4)5/h11,13H,6-10H2,1-5H3. The van der Waals surface area contributed by atoms with Crippen LogP contribution < -0.4 is 5.32 Å². The van der Waals surface area contributed by atoms with Gasteiger partial charge in [-0.2, -0.15) is 11.8 Å². The van der Waals surface area contributed by atoms with Crippen molar-refractivity contribution in [2.24, 2.45) is 5.41 Å². The van der Waals surface area contributed by atoms with Crippen LogP contribution in [0.1, 0.15) is 47.5 Å². The largest absolute Gasteiger partial charge is 0.316 e. The van der Waals surface area contributed by atoms with E-state index < -0.39 is 0 Å². The van der Waals surface area contributed by atoms with E-state index in [-0.39, 0.29) is 0 Å². The topological polar surface area (TPSA) is 12.0 Å². The molecule has 0 amide bonds. The molecule has 0 spiro atoms. The van der Waals surface area contributed by atoms with Crippen LogP contribution in [-0.2, 0) is 0 Å². The van der Waals surface area contributed by atoms with Crippen molar-refractivity contribution in [2.75, 3.05) is 18.8 Å². The molecule has 0 saturated heterocycles. The molecular formula is C12H27NS. The van der Waals surface area contributed by atoms with Crippen LogP contribution in [0.4, 0.5) is 0 Å². The molecule has 0 bridgehead atoms. The summed E-state index contributed by atoms with van der Waals surface area (Å²) in [6.07, 6.45) is 2.55. The maximum atomic E-state index is 3.50. The van der Waals surface area contributed by atoms with Gasteiger partial charge in [0, 0.05) is 17.5 Å². The van der Waals surface area contributed by atoms with Gasteiger partial charge >= 0.3 is 0 Å². The molecule has 0 aromatic heterocycles. The second-order valence-electron chi connectivity index (χ2n) is 5.15. The van der Waals surface area contributed by atoms with Crippen molar-refractivity contribution in [3.63, 3.8) is 0 Å². The first-order valence-corrected chi connectivity index (χ1v) is 6.83. The van der Waals surface area contributed by atoms with Crippen LogP contribution in [0.2, 0.25) is 0 Å². The van der Waals surface area contributed by atoms with Crippen molar-refractivity contribution in [1.29, 1.82) is 0 Å². The molecule has 1 nitrogen and oxygen atoms in total. The predicted octanol–water partition coefficient (Wildman–Crippen LogP) is 3.54.